The number of carbonyl (C=O) groups is 2. The second-order valence-electron chi connectivity index (χ2n) is 8.28. The molecule has 2 aromatic carbocycles. The van der Waals surface area contributed by atoms with E-state index >= 15 is 0 Å². The summed E-state index contributed by atoms with van der Waals surface area (Å²) in [5, 5.41) is 3.30. The van der Waals surface area contributed by atoms with Gasteiger partial charge in [-0.15, -0.1) is 0 Å². The average Bonchev–Trinajstić information content (AvgIpc) is 2.74. The van der Waals surface area contributed by atoms with Crippen molar-refractivity contribution in [3.63, 3.8) is 0 Å². The molecule has 0 spiro atoms. The van der Waals surface area contributed by atoms with Crippen molar-refractivity contribution in [2.75, 3.05) is 23.7 Å². The molecule has 0 saturated heterocycles. The number of hydrogen-bond donors (Lipinski definition) is 1. The predicted molar refractivity (Wildman–Crippen MR) is 138 cm³/mol. The van der Waals surface area contributed by atoms with Gasteiger partial charge in [0, 0.05) is 17.6 Å². The van der Waals surface area contributed by atoms with E-state index in [4.69, 9.17) is 23.2 Å². The Balaban J connectivity index is 2.39. The van der Waals surface area contributed by atoms with Crippen LogP contribution in [0.25, 0.3) is 0 Å². The van der Waals surface area contributed by atoms with E-state index in [2.05, 4.69) is 5.32 Å². The molecule has 0 saturated carbocycles. The number of amides is 2. The van der Waals surface area contributed by atoms with Gasteiger partial charge >= 0.3 is 0 Å². The van der Waals surface area contributed by atoms with E-state index in [9.17, 15) is 18.0 Å². The fourth-order valence-electron chi connectivity index (χ4n) is 3.55. The Bertz CT molecular complexity index is 1090. The van der Waals surface area contributed by atoms with Gasteiger partial charge in [0.25, 0.3) is 0 Å². The molecule has 1 atom stereocenters. The molecule has 7 nitrogen and oxygen atoms in total. The molecular formula is C24H31Cl2N3O4S. The lowest BCUT2D eigenvalue weighted by Crippen LogP contribution is -2.54. The van der Waals surface area contributed by atoms with Gasteiger partial charge in [0.2, 0.25) is 21.8 Å². The molecule has 0 aromatic heterocycles. The quantitative estimate of drug-likeness (QED) is 0.475. The molecule has 2 amide bonds. The Hall–Kier alpha value is -2.29. The van der Waals surface area contributed by atoms with Crippen molar-refractivity contribution in [1.29, 1.82) is 0 Å². The number of benzene rings is 2. The lowest BCUT2D eigenvalue weighted by Gasteiger charge is -2.33. The van der Waals surface area contributed by atoms with Crippen molar-refractivity contribution in [2.45, 2.75) is 45.7 Å². The number of nitrogens with zero attached hydrogens (tertiary/aromatic N) is 2. The first-order valence-electron chi connectivity index (χ1n) is 11.0. The number of rotatable bonds is 11. The molecule has 0 aliphatic rings. The Morgan fingerprint density at radius 1 is 1.06 bits per heavy atom. The lowest BCUT2D eigenvalue weighted by atomic mass is 10.1. The SMILES string of the molecule is CC[C@H](C(=O)NC(C)C)N(CCc1ccccc1)C(=O)CN(c1ccc(Cl)cc1Cl)S(C)(=O)=O. The summed E-state index contributed by atoms with van der Waals surface area (Å²) >= 11 is 12.2. The molecule has 0 fully saturated rings. The maximum absolute atomic E-state index is 13.5. The summed E-state index contributed by atoms with van der Waals surface area (Å²) in [6.45, 7) is 5.25. The molecule has 34 heavy (non-hydrogen) atoms. The van der Waals surface area contributed by atoms with Crippen LogP contribution in [0, 0.1) is 0 Å². The van der Waals surface area contributed by atoms with Crippen LogP contribution in [0.4, 0.5) is 5.69 Å². The zero-order valence-corrected chi connectivity index (χ0v) is 22.1. The zero-order chi connectivity index (χ0) is 25.5. The maximum Gasteiger partial charge on any atom is 0.244 e. The van der Waals surface area contributed by atoms with Crippen molar-refractivity contribution in [3.05, 3.63) is 64.1 Å². The topological polar surface area (TPSA) is 86.8 Å². The number of nitrogens with one attached hydrogen (secondary N) is 1. The minimum Gasteiger partial charge on any atom is -0.352 e. The van der Waals surface area contributed by atoms with Crippen LogP contribution in [-0.4, -0.2) is 56.6 Å². The molecular weight excluding hydrogens is 497 g/mol. The Labute approximate surface area is 212 Å². The highest BCUT2D eigenvalue weighted by molar-refractivity contribution is 7.92. The third-order valence-electron chi connectivity index (χ3n) is 5.16. The standard InChI is InChI=1S/C24H31Cl2N3O4S/c1-5-21(24(31)27-17(2)3)28(14-13-18-9-7-6-8-10-18)23(30)16-29(34(4,32)33)22-12-11-19(25)15-20(22)26/h6-12,15,17,21H,5,13-14,16H2,1-4H3,(H,27,31)/t21-/m1/s1. The molecule has 2 rings (SSSR count). The number of hydrogen-bond acceptors (Lipinski definition) is 4. The summed E-state index contributed by atoms with van der Waals surface area (Å²) in [6, 6.07) is 13.1. The molecule has 1 N–H and O–H groups in total. The zero-order valence-electron chi connectivity index (χ0n) is 19.8. The molecule has 10 heteroatoms. The van der Waals surface area contributed by atoms with E-state index in [-0.39, 0.29) is 29.2 Å². The Morgan fingerprint density at radius 3 is 2.24 bits per heavy atom. The van der Waals surface area contributed by atoms with Gasteiger partial charge < -0.3 is 10.2 Å². The van der Waals surface area contributed by atoms with Crippen molar-refractivity contribution >= 4 is 50.7 Å². The van der Waals surface area contributed by atoms with Gasteiger partial charge in [-0.2, -0.15) is 0 Å². The van der Waals surface area contributed by atoms with Crippen LogP contribution in [0.5, 0.6) is 0 Å². The molecule has 0 unspecified atom stereocenters. The molecule has 2 aromatic rings. The first-order valence-corrected chi connectivity index (χ1v) is 13.6. The third-order valence-corrected chi connectivity index (χ3v) is 6.82. The van der Waals surface area contributed by atoms with E-state index in [1.54, 1.807) is 0 Å². The normalized spacial score (nSPS) is 12.3. The summed E-state index contributed by atoms with van der Waals surface area (Å²) < 4.78 is 26.2. The van der Waals surface area contributed by atoms with E-state index in [1.165, 1.54) is 23.1 Å². The minimum atomic E-state index is -3.86. The second kappa shape index (κ2) is 12.4. The largest absolute Gasteiger partial charge is 0.352 e. The first-order chi connectivity index (χ1) is 15.9. The van der Waals surface area contributed by atoms with Crippen LogP contribution >= 0.6 is 23.2 Å². The lowest BCUT2D eigenvalue weighted by molar-refractivity contribution is -0.139. The molecule has 0 bridgehead atoms. The number of halogens is 2. The van der Waals surface area contributed by atoms with Crippen molar-refractivity contribution in [2.24, 2.45) is 0 Å². The van der Waals surface area contributed by atoms with Crippen molar-refractivity contribution < 1.29 is 18.0 Å². The Morgan fingerprint density at radius 2 is 1.71 bits per heavy atom. The van der Waals surface area contributed by atoms with E-state index in [0.717, 1.165) is 16.1 Å². The van der Waals surface area contributed by atoms with Gasteiger partial charge in [-0.25, -0.2) is 8.42 Å². The number of sulfonamides is 1. The van der Waals surface area contributed by atoms with Gasteiger partial charge in [-0.1, -0.05) is 60.5 Å². The van der Waals surface area contributed by atoms with Crippen molar-refractivity contribution in [3.8, 4) is 0 Å². The smallest absolute Gasteiger partial charge is 0.244 e. The fraction of sp³-hybridized carbons (Fsp3) is 0.417. The van der Waals surface area contributed by atoms with Gasteiger partial charge in [0.1, 0.15) is 12.6 Å². The van der Waals surface area contributed by atoms with E-state index in [1.807, 2.05) is 51.1 Å². The van der Waals surface area contributed by atoms with Crippen LogP contribution in [0.2, 0.25) is 10.0 Å². The summed E-state index contributed by atoms with van der Waals surface area (Å²) in [5.74, 6) is -0.785. The highest BCUT2D eigenvalue weighted by Gasteiger charge is 2.32. The van der Waals surface area contributed by atoms with Gasteiger partial charge in [-0.3, -0.25) is 13.9 Å². The molecule has 0 aliphatic heterocycles. The molecule has 186 valence electrons. The maximum atomic E-state index is 13.5. The van der Waals surface area contributed by atoms with Gasteiger partial charge in [0.15, 0.2) is 0 Å². The number of anilines is 1. The predicted octanol–water partition coefficient (Wildman–Crippen LogP) is 4.13. The fourth-order valence-corrected chi connectivity index (χ4v) is 4.98. The summed E-state index contributed by atoms with van der Waals surface area (Å²) in [4.78, 5) is 27.9. The minimum absolute atomic E-state index is 0.103. The Kier molecular flexibility index (Phi) is 10.2. The highest BCUT2D eigenvalue weighted by atomic mass is 35.5. The molecule has 0 heterocycles. The highest BCUT2D eigenvalue weighted by Crippen LogP contribution is 2.30. The van der Waals surface area contributed by atoms with Gasteiger partial charge in [-0.05, 0) is 50.5 Å². The van der Waals surface area contributed by atoms with Crippen LogP contribution < -0.4 is 9.62 Å². The van der Waals surface area contributed by atoms with Crippen LogP contribution in [0.1, 0.15) is 32.8 Å². The number of carbonyl (C=O) groups excluding carboxylic acids is 2. The van der Waals surface area contributed by atoms with Gasteiger partial charge in [0.05, 0.1) is 17.0 Å². The summed E-state index contributed by atoms with van der Waals surface area (Å²) in [7, 11) is -3.86. The van der Waals surface area contributed by atoms with Crippen LogP contribution in [0.15, 0.2) is 48.5 Å². The van der Waals surface area contributed by atoms with E-state index < -0.39 is 28.5 Å². The van der Waals surface area contributed by atoms with Crippen LogP contribution in [-0.2, 0) is 26.0 Å². The monoisotopic (exact) mass is 527 g/mol. The molecule has 0 radical (unpaired) electrons. The average molecular weight is 529 g/mol. The third kappa shape index (κ3) is 7.89. The first kappa shape index (κ1) is 28.0. The molecule has 0 aliphatic carbocycles. The van der Waals surface area contributed by atoms with E-state index in [0.29, 0.717) is 17.9 Å². The summed E-state index contributed by atoms with van der Waals surface area (Å²) in [6.07, 6.45) is 1.89. The second-order valence-corrected chi connectivity index (χ2v) is 11.0. The van der Waals surface area contributed by atoms with Crippen LogP contribution in [0.3, 0.4) is 0 Å². The van der Waals surface area contributed by atoms with Crippen molar-refractivity contribution in [1.82, 2.24) is 10.2 Å². The summed E-state index contributed by atoms with van der Waals surface area (Å²) in [5.41, 5.74) is 1.14.